The fraction of sp³-hybridized carbons (Fsp3) is 0.600. The molecule has 0 aromatic heterocycles. The number of halogens is 1. The van der Waals surface area contributed by atoms with Crippen LogP contribution < -0.4 is 5.32 Å². The number of piperidine rings is 1. The van der Waals surface area contributed by atoms with Crippen molar-refractivity contribution in [2.45, 2.75) is 31.8 Å². The van der Waals surface area contributed by atoms with E-state index in [4.69, 9.17) is 11.6 Å². The SMILES string of the molecule is CN(C)C(=O)N1CC2CCC(C1)N(CCC(=O)NCc1ccc(Cl)cc1)C2. The standard InChI is InChI=1S/C20H29ClN4O2/c1-23(2)20(27)25-13-16-5-8-18(14-25)24(12-16)10-9-19(26)22-11-15-3-6-17(21)7-4-15/h3-4,6-7,16,18H,5,8-14H2,1-2H3,(H,22,26). The zero-order valence-corrected chi connectivity index (χ0v) is 16.9. The van der Waals surface area contributed by atoms with Gasteiger partial charge in [-0.1, -0.05) is 23.7 Å². The number of rotatable bonds is 5. The number of urea groups is 1. The Labute approximate surface area is 166 Å². The van der Waals surface area contributed by atoms with Gasteiger partial charge in [-0.3, -0.25) is 9.69 Å². The van der Waals surface area contributed by atoms with Crippen molar-refractivity contribution in [2.24, 2.45) is 5.92 Å². The number of amides is 3. The minimum Gasteiger partial charge on any atom is -0.352 e. The second-order valence-corrected chi connectivity index (χ2v) is 8.26. The zero-order chi connectivity index (χ0) is 19.4. The molecular formula is C20H29ClN4O2. The largest absolute Gasteiger partial charge is 0.352 e. The molecule has 148 valence electrons. The van der Waals surface area contributed by atoms with Crippen molar-refractivity contribution in [3.8, 4) is 0 Å². The summed E-state index contributed by atoms with van der Waals surface area (Å²) in [6, 6.07) is 7.96. The fourth-order valence-corrected chi connectivity index (χ4v) is 4.15. The van der Waals surface area contributed by atoms with Crippen molar-refractivity contribution < 1.29 is 9.59 Å². The summed E-state index contributed by atoms with van der Waals surface area (Å²) in [6.45, 7) is 3.84. The van der Waals surface area contributed by atoms with Gasteiger partial charge in [0.15, 0.2) is 0 Å². The van der Waals surface area contributed by atoms with Crippen LogP contribution in [-0.2, 0) is 11.3 Å². The molecule has 0 saturated carbocycles. The minimum atomic E-state index is 0.0614. The van der Waals surface area contributed by atoms with Crippen LogP contribution in [0.5, 0.6) is 0 Å². The first kappa shape index (κ1) is 20.0. The molecule has 0 radical (unpaired) electrons. The number of carbonyl (C=O) groups is 2. The Morgan fingerprint density at radius 2 is 1.89 bits per heavy atom. The summed E-state index contributed by atoms with van der Waals surface area (Å²) in [5.41, 5.74) is 1.04. The number of fused-ring (bicyclic) bond motifs is 4. The van der Waals surface area contributed by atoms with Gasteiger partial charge in [0.25, 0.3) is 0 Å². The molecule has 0 spiro atoms. The van der Waals surface area contributed by atoms with E-state index in [2.05, 4.69) is 10.2 Å². The van der Waals surface area contributed by atoms with E-state index in [9.17, 15) is 9.59 Å². The summed E-state index contributed by atoms with van der Waals surface area (Å²) in [6.07, 6.45) is 2.76. The number of nitrogens with one attached hydrogen (secondary N) is 1. The summed E-state index contributed by atoms with van der Waals surface area (Å²) < 4.78 is 0. The lowest BCUT2D eigenvalue weighted by atomic mass is 9.95. The van der Waals surface area contributed by atoms with Gasteiger partial charge >= 0.3 is 6.03 Å². The smallest absolute Gasteiger partial charge is 0.319 e. The molecule has 3 saturated heterocycles. The first-order valence-electron chi connectivity index (χ1n) is 9.64. The quantitative estimate of drug-likeness (QED) is 0.837. The lowest BCUT2D eigenvalue weighted by Gasteiger charge is -2.35. The van der Waals surface area contributed by atoms with Gasteiger partial charge in [-0.25, -0.2) is 4.79 Å². The van der Waals surface area contributed by atoms with Crippen LogP contribution >= 0.6 is 11.6 Å². The summed E-state index contributed by atoms with van der Waals surface area (Å²) in [5, 5.41) is 3.68. The van der Waals surface area contributed by atoms with Gasteiger partial charge in [-0.15, -0.1) is 0 Å². The van der Waals surface area contributed by atoms with E-state index < -0.39 is 0 Å². The molecule has 3 fully saturated rings. The Kier molecular flexibility index (Phi) is 6.60. The van der Waals surface area contributed by atoms with Gasteiger partial charge in [0, 0.05) is 64.3 Å². The van der Waals surface area contributed by atoms with Crippen molar-refractivity contribution in [3.63, 3.8) is 0 Å². The normalized spacial score (nSPS) is 22.4. The molecule has 1 aromatic carbocycles. The van der Waals surface area contributed by atoms with Gasteiger partial charge in [0.2, 0.25) is 5.91 Å². The molecule has 3 amide bonds. The van der Waals surface area contributed by atoms with Crippen molar-refractivity contribution >= 4 is 23.5 Å². The third kappa shape index (κ3) is 5.36. The third-order valence-electron chi connectivity index (χ3n) is 5.51. The summed E-state index contributed by atoms with van der Waals surface area (Å²) in [7, 11) is 3.61. The van der Waals surface area contributed by atoms with E-state index in [0.29, 0.717) is 29.9 Å². The van der Waals surface area contributed by atoms with Gasteiger partial charge in [0.1, 0.15) is 0 Å². The predicted molar refractivity (Wildman–Crippen MR) is 107 cm³/mol. The van der Waals surface area contributed by atoms with Gasteiger partial charge in [-0.05, 0) is 36.5 Å². The fourth-order valence-electron chi connectivity index (χ4n) is 4.03. The second kappa shape index (κ2) is 8.93. The number of carbonyl (C=O) groups excluding carboxylic acids is 2. The molecular weight excluding hydrogens is 364 g/mol. The highest BCUT2D eigenvalue weighted by atomic mass is 35.5. The summed E-state index contributed by atoms with van der Waals surface area (Å²) in [5.74, 6) is 0.566. The molecule has 3 heterocycles. The molecule has 1 N–H and O–H groups in total. The maximum absolute atomic E-state index is 12.3. The molecule has 4 rings (SSSR count). The molecule has 2 unspecified atom stereocenters. The van der Waals surface area contributed by atoms with Crippen LogP contribution in [0.2, 0.25) is 5.02 Å². The summed E-state index contributed by atoms with van der Waals surface area (Å²) >= 11 is 5.88. The molecule has 27 heavy (non-hydrogen) atoms. The zero-order valence-electron chi connectivity index (χ0n) is 16.2. The van der Waals surface area contributed by atoms with Crippen LogP contribution in [0.25, 0.3) is 0 Å². The van der Waals surface area contributed by atoms with Crippen molar-refractivity contribution in [1.82, 2.24) is 20.0 Å². The molecule has 0 aliphatic carbocycles. The van der Waals surface area contributed by atoms with Crippen molar-refractivity contribution in [2.75, 3.05) is 40.3 Å². The minimum absolute atomic E-state index is 0.0614. The van der Waals surface area contributed by atoms with E-state index in [1.807, 2.05) is 29.2 Å². The number of nitrogens with zero attached hydrogens (tertiary/aromatic N) is 3. The molecule has 3 aliphatic heterocycles. The van der Waals surface area contributed by atoms with Crippen LogP contribution in [-0.4, -0.2) is 73.0 Å². The van der Waals surface area contributed by atoms with Gasteiger partial charge in [0.05, 0.1) is 0 Å². The number of hydrogen-bond acceptors (Lipinski definition) is 3. The molecule has 2 bridgehead atoms. The highest BCUT2D eigenvalue weighted by Crippen LogP contribution is 2.28. The average molecular weight is 393 g/mol. The topological polar surface area (TPSA) is 55.9 Å². The number of benzene rings is 1. The molecule has 1 aromatic rings. The molecule has 7 heteroatoms. The lowest BCUT2D eigenvalue weighted by Crippen LogP contribution is -2.46. The highest BCUT2D eigenvalue weighted by molar-refractivity contribution is 6.30. The number of hydrogen-bond donors (Lipinski definition) is 1. The molecule has 3 aliphatic rings. The van der Waals surface area contributed by atoms with Crippen molar-refractivity contribution in [1.29, 1.82) is 0 Å². The van der Waals surface area contributed by atoms with E-state index in [-0.39, 0.29) is 11.9 Å². The predicted octanol–water partition coefficient (Wildman–Crippen LogP) is 2.42. The Morgan fingerprint density at radius 1 is 1.15 bits per heavy atom. The Balaban J connectivity index is 1.47. The lowest BCUT2D eigenvalue weighted by molar-refractivity contribution is -0.121. The Bertz CT molecular complexity index is 664. The van der Waals surface area contributed by atoms with Crippen LogP contribution in [0, 0.1) is 5.92 Å². The maximum atomic E-state index is 12.3. The maximum Gasteiger partial charge on any atom is 0.319 e. The Hall–Kier alpha value is -1.79. The average Bonchev–Trinajstić information content (AvgIpc) is 2.97. The van der Waals surface area contributed by atoms with Crippen molar-refractivity contribution in [3.05, 3.63) is 34.9 Å². The van der Waals surface area contributed by atoms with Crippen LogP contribution in [0.3, 0.4) is 0 Å². The molecule has 2 atom stereocenters. The highest BCUT2D eigenvalue weighted by Gasteiger charge is 2.36. The van der Waals surface area contributed by atoms with E-state index in [1.54, 1.807) is 19.0 Å². The summed E-state index contributed by atoms with van der Waals surface area (Å²) in [4.78, 5) is 30.6. The van der Waals surface area contributed by atoms with Gasteiger partial charge in [-0.2, -0.15) is 0 Å². The monoisotopic (exact) mass is 392 g/mol. The van der Waals surface area contributed by atoms with E-state index >= 15 is 0 Å². The van der Waals surface area contributed by atoms with Gasteiger partial charge < -0.3 is 15.1 Å². The van der Waals surface area contributed by atoms with Crippen LogP contribution in [0.15, 0.2) is 24.3 Å². The van der Waals surface area contributed by atoms with E-state index in [0.717, 1.165) is 38.2 Å². The van der Waals surface area contributed by atoms with E-state index in [1.165, 1.54) is 6.42 Å². The first-order valence-corrected chi connectivity index (χ1v) is 10.0. The first-order chi connectivity index (χ1) is 12.9. The Morgan fingerprint density at radius 3 is 2.59 bits per heavy atom. The third-order valence-corrected chi connectivity index (χ3v) is 5.76. The van der Waals surface area contributed by atoms with Crippen LogP contribution in [0.1, 0.15) is 24.8 Å². The second-order valence-electron chi connectivity index (χ2n) is 7.83. The van der Waals surface area contributed by atoms with Crippen LogP contribution in [0.4, 0.5) is 4.79 Å². The molecule has 6 nitrogen and oxygen atoms in total.